The summed E-state index contributed by atoms with van der Waals surface area (Å²) in [5.41, 5.74) is 0. The third-order valence-corrected chi connectivity index (χ3v) is 13.3. The Kier molecular flexibility index (Phi) is 56.3. The molecule has 1 atom stereocenters. The van der Waals surface area contributed by atoms with Gasteiger partial charge in [-0.2, -0.15) is 0 Å². The van der Waals surface area contributed by atoms with Crippen LogP contribution < -0.4 is 0 Å². The van der Waals surface area contributed by atoms with E-state index in [9.17, 15) is 14.4 Å². The zero-order valence-corrected chi connectivity index (χ0v) is 46.5. The van der Waals surface area contributed by atoms with Gasteiger partial charge in [-0.3, -0.25) is 14.4 Å². The number of hydrogen-bond donors (Lipinski definition) is 0. The van der Waals surface area contributed by atoms with Gasteiger partial charge in [0, 0.05) is 19.3 Å². The number of rotatable bonds is 55. The van der Waals surface area contributed by atoms with Gasteiger partial charge >= 0.3 is 17.9 Å². The first-order valence-electron chi connectivity index (χ1n) is 30.3. The minimum absolute atomic E-state index is 0.0776. The Hall–Kier alpha value is -2.89. The van der Waals surface area contributed by atoms with Crippen molar-refractivity contribution in [2.75, 3.05) is 13.2 Å². The second-order valence-corrected chi connectivity index (χ2v) is 20.2. The summed E-state index contributed by atoms with van der Waals surface area (Å²) in [4.78, 5) is 38.2. The number of esters is 3. The van der Waals surface area contributed by atoms with Crippen LogP contribution in [0.4, 0.5) is 0 Å². The fraction of sp³-hybridized carbons (Fsp3) is 0.797. The Morgan fingerprint density at radius 3 is 0.886 bits per heavy atom. The van der Waals surface area contributed by atoms with Crippen LogP contribution in [0.25, 0.3) is 0 Å². The summed E-state index contributed by atoms with van der Waals surface area (Å²) in [6.45, 7) is 6.55. The van der Waals surface area contributed by atoms with Crippen LogP contribution in [0, 0.1) is 0 Å². The van der Waals surface area contributed by atoms with Crippen molar-refractivity contribution < 1.29 is 28.6 Å². The summed E-state index contributed by atoms with van der Waals surface area (Å²) in [5, 5.41) is 0. The minimum atomic E-state index is -0.781. The molecule has 0 fully saturated rings. The number of hydrogen-bond acceptors (Lipinski definition) is 6. The Morgan fingerprint density at radius 2 is 0.557 bits per heavy atom. The van der Waals surface area contributed by atoms with Crippen LogP contribution in [0.5, 0.6) is 0 Å². The van der Waals surface area contributed by atoms with E-state index in [-0.39, 0.29) is 31.1 Å². The van der Waals surface area contributed by atoms with E-state index in [1.165, 1.54) is 180 Å². The number of unbranched alkanes of at least 4 members (excludes halogenated alkanes) is 34. The molecule has 0 aromatic carbocycles. The van der Waals surface area contributed by atoms with Crippen LogP contribution in [0.3, 0.4) is 0 Å². The summed E-state index contributed by atoms with van der Waals surface area (Å²) in [6, 6.07) is 0. The van der Waals surface area contributed by atoms with Crippen molar-refractivity contribution in [2.45, 2.75) is 316 Å². The maximum atomic E-state index is 12.9. The molecule has 0 amide bonds. The summed E-state index contributed by atoms with van der Waals surface area (Å²) in [6.07, 6.45) is 73.5. The molecular weight excluding hydrogens is 865 g/mol. The smallest absolute Gasteiger partial charge is 0.306 e. The number of carbonyl (C=O) groups excluding carboxylic acids is 3. The molecule has 0 spiro atoms. The van der Waals surface area contributed by atoms with Crippen molar-refractivity contribution in [3.63, 3.8) is 0 Å². The molecule has 70 heavy (non-hydrogen) atoms. The molecule has 406 valence electrons. The van der Waals surface area contributed by atoms with Gasteiger partial charge in [0.05, 0.1) is 0 Å². The molecule has 0 aliphatic heterocycles. The van der Waals surface area contributed by atoms with Gasteiger partial charge in [-0.15, -0.1) is 0 Å². The third-order valence-electron chi connectivity index (χ3n) is 13.3. The lowest BCUT2D eigenvalue weighted by Crippen LogP contribution is -2.30. The van der Waals surface area contributed by atoms with Crippen molar-refractivity contribution in [3.8, 4) is 0 Å². The van der Waals surface area contributed by atoms with E-state index >= 15 is 0 Å². The minimum Gasteiger partial charge on any atom is -0.462 e. The first kappa shape index (κ1) is 67.1. The van der Waals surface area contributed by atoms with Gasteiger partial charge in [0.2, 0.25) is 0 Å². The van der Waals surface area contributed by atoms with E-state index in [2.05, 4.69) is 81.5 Å². The van der Waals surface area contributed by atoms with Gasteiger partial charge in [0.15, 0.2) is 6.10 Å². The largest absolute Gasteiger partial charge is 0.462 e. The lowest BCUT2D eigenvalue weighted by Gasteiger charge is -2.18. The lowest BCUT2D eigenvalue weighted by molar-refractivity contribution is -0.167. The Bertz CT molecular complexity index is 1260. The monoisotopic (exact) mass is 979 g/mol. The van der Waals surface area contributed by atoms with Crippen molar-refractivity contribution in [2.24, 2.45) is 0 Å². The summed E-state index contributed by atoms with van der Waals surface area (Å²) in [5.74, 6) is -0.881. The van der Waals surface area contributed by atoms with E-state index in [4.69, 9.17) is 14.2 Å². The highest BCUT2D eigenvalue weighted by atomic mass is 16.6. The van der Waals surface area contributed by atoms with Crippen LogP contribution in [-0.2, 0) is 28.6 Å². The van der Waals surface area contributed by atoms with Crippen molar-refractivity contribution in [1.82, 2.24) is 0 Å². The Morgan fingerprint density at radius 1 is 0.300 bits per heavy atom. The summed E-state index contributed by atoms with van der Waals surface area (Å²) in [7, 11) is 0. The van der Waals surface area contributed by atoms with Crippen LogP contribution >= 0.6 is 0 Å². The second kappa shape index (κ2) is 58.7. The number of ether oxygens (including phenoxy) is 3. The van der Waals surface area contributed by atoms with Crippen LogP contribution in [0.15, 0.2) is 60.8 Å². The highest BCUT2D eigenvalue weighted by molar-refractivity contribution is 5.71. The highest BCUT2D eigenvalue weighted by Crippen LogP contribution is 2.16. The SMILES string of the molecule is CC/C=C\C/C=C\C/C=C\C/C=C\CCCCCCCCC(=O)OCC(COC(=O)CCCCCCCCCCCCCCCCC)OC(=O)CCCCCCCCC/C=C\CCCCCCCCC. The van der Waals surface area contributed by atoms with Gasteiger partial charge < -0.3 is 14.2 Å². The maximum Gasteiger partial charge on any atom is 0.306 e. The van der Waals surface area contributed by atoms with Crippen LogP contribution in [-0.4, -0.2) is 37.2 Å². The summed E-state index contributed by atoms with van der Waals surface area (Å²) < 4.78 is 16.9. The zero-order chi connectivity index (χ0) is 50.7. The molecule has 0 saturated heterocycles. The quantitative estimate of drug-likeness (QED) is 0.0261. The molecule has 0 aromatic rings. The lowest BCUT2D eigenvalue weighted by atomic mass is 10.0. The molecule has 0 aliphatic rings. The van der Waals surface area contributed by atoms with Crippen molar-refractivity contribution in [1.29, 1.82) is 0 Å². The van der Waals surface area contributed by atoms with Gasteiger partial charge in [-0.05, 0) is 83.5 Å². The topological polar surface area (TPSA) is 78.9 Å². The molecule has 0 N–H and O–H groups in total. The average molecular weight is 980 g/mol. The second-order valence-electron chi connectivity index (χ2n) is 20.2. The third kappa shape index (κ3) is 56.0. The van der Waals surface area contributed by atoms with Gasteiger partial charge in [0.25, 0.3) is 0 Å². The summed E-state index contributed by atoms with van der Waals surface area (Å²) >= 11 is 0. The van der Waals surface area contributed by atoms with E-state index in [0.717, 1.165) is 89.9 Å². The normalized spacial score (nSPS) is 12.4. The van der Waals surface area contributed by atoms with Crippen molar-refractivity contribution >= 4 is 17.9 Å². The maximum absolute atomic E-state index is 12.9. The van der Waals surface area contributed by atoms with Gasteiger partial charge in [0.1, 0.15) is 13.2 Å². The Balaban J connectivity index is 4.38. The first-order chi connectivity index (χ1) is 34.5. The number of allylic oxidation sites excluding steroid dienone is 10. The van der Waals surface area contributed by atoms with E-state index < -0.39 is 6.10 Å². The molecule has 0 bridgehead atoms. The highest BCUT2D eigenvalue weighted by Gasteiger charge is 2.19. The van der Waals surface area contributed by atoms with Gasteiger partial charge in [-0.1, -0.05) is 268 Å². The molecule has 0 aromatic heterocycles. The average Bonchev–Trinajstić information content (AvgIpc) is 3.36. The molecule has 0 radical (unpaired) electrons. The van der Waals surface area contributed by atoms with E-state index in [1.54, 1.807) is 0 Å². The van der Waals surface area contributed by atoms with Crippen LogP contribution in [0.1, 0.15) is 310 Å². The van der Waals surface area contributed by atoms with E-state index in [1.807, 2.05) is 0 Å². The molecule has 0 saturated carbocycles. The van der Waals surface area contributed by atoms with Crippen LogP contribution in [0.2, 0.25) is 0 Å². The molecule has 0 aliphatic carbocycles. The molecule has 6 heteroatoms. The zero-order valence-electron chi connectivity index (χ0n) is 46.5. The standard InChI is InChI=1S/C64H114O6/c1-4-7-10-13-16-19-22-25-28-30-32-34-36-39-42-45-48-51-54-57-63(66)69-60-61(59-68-62(65)56-53-50-47-44-41-38-35-27-24-21-18-15-12-9-6-3)70-64(67)58-55-52-49-46-43-40-37-33-31-29-26-23-20-17-14-11-8-5-2/h7,10,16,19,25,28-29,31-32,34,61H,4-6,8-9,11-15,17-18,20-24,26-27,30,33,35-60H2,1-3H3/b10-7-,19-16-,28-25-,31-29-,34-32-. The predicted molar refractivity (Wildman–Crippen MR) is 302 cm³/mol. The number of carbonyl (C=O) groups is 3. The first-order valence-corrected chi connectivity index (χ1v) is 30.3. The predicted octanol–water partition coefficient (Wildman–Crippen LogP) is 20.4. The molecular formula is C64H114O6. The Labute approximate surface area is 434 Å². The van der Waals surface area contributed by atoms with Gasteiger partial charge in [-0.25, -0.2) is 0 Å². The molecule has 6 nitrogen and oxygen atoms in total. The molecule has 0 heterocycles. The molecule has 0 rings (SSSR count). The van der Waals surface area contributed by atoms with Crippen molar-refractivity contribution in [3.05, 3.63) is 60.8 Å². The fourth-order valence-corrected chi connectivity index (χ4v) is 8.72. The van der Waals surface area contributed by atoms with E-state index in [0.29, 0.717) is 19.3 Å². The molecule has 1 unspecified atom stereocenters. The fourth-order valence-electron chi connectivity index (χ4n) is 8.72.